The van der Waals surface area contributed by atoms with Crippen molar-refractivity contribution in [2.45, 2.75) is 0 Å². The molecule has 2 aromatic rings. The lowest BCUT2D eigenvalue weighted by atomic mass is 10.2. The number of nitrogens with one attached hydrogen (secondary N) is 1. The van der Waals surface area contributed by atoms with E-state index in [2.05, 4.69) is 5.32 Å². The third kappa shape index (κ3) is 5.95. The highest BCUT2D eigenvalue weighted by atomic mass is 35.5. The van der Waals surface area contributed by atoms with E-state index in [4.69, 9.17) is 21.1 Å². The van der Waals surface area contributed by atoms with Crippen LogP contribution < -0.4 is 10.1 Å². The number of carbonyl (C=O) groups excluding carboxylic acids is 3. The molecule has 0 heterocycles. The summed E-state index contributed by atoms with van der Waals surface area (Å²) in [5, 5.41) is 2.78. The average molecular weight is 409 g/mol. The molecule has 0 radical (unpaired) electrons. The number of likely N-dealkylation sites (N-methyl/N-ethyl adjacent to an activating group) is 1. The fourth-order valence-electron chi connectivity index (χ4n) is 2.17. The number of ether oxygens (including phenoxy) is 2. The van der Waals surface area contributed by atoms with E-state index < -0.39 is 30.2 Å². The lowest BCUT2D eigenvalue weighted by molar-refractivity contribution is -0.136. The summed E-state index contributed by atoms with van der Waals surface area (Å²) in [6, 6.07) is 10.1. The van der Waals surface area contributed by atoms with E-state index in [0.717, 1.165) is 17.0 Å². The number of amides is 2. The molecular formula is C19H18ClFN2O5. The third-order valence-electron chi connectivity index (χ3n) is 3.64. The molecule has 0 unspecified atom stereocenters. The van der Waals surface area contributed by atoms with Gasteiger partial charge in [-0.25, -0.2) is 9.18 Å². The van der Waals surface area contributed by atoms with Gasteiger partial charge in [0.2, 0.25) is 5.91 Å². The first kappa shape index (κ1) is 21.2. The zero-order valence-electron chi connectivity index (χ0n) is 15.2. The predicted molar refractivity (Wildman–Crippen MR) is 101 cm³/mol. The monoisotopic (exact) mass is 408 g/mol. The molecule has 0 saturated carbocycles. The van der Waals surface area contributed by atoms with Crippen molar-refractivity contribution in [2.75, 3.05) is 32.6 Å². The van der Waals surface area contributed by atoms with Gasteiger partial charge < -0.3 is 19.7 Å². The first-order valence-corrected chi connectivity index (χ1v) is 8.48. The fourth-order valence-corrected chi connectivity index (χ4v) is 2.35. The summed E-state index contributed by atoms with van der Waals surface area (Å²) in [5.41, 5.74) is 0.131. The zero-order valence-corrected chi connectivity index (χ0v) is 16.0. The van der Waals surface area contributed by atoms with Crippen molar-refractivity contribution in [1.82, 2.24) is 4.90 Å². The summed E-state index contributed by atoms with van der Waals surface area (Å²) in [5.74, 6) is -2.34. The van der Waals surface area contributed by atoms with Crippen molar-refractivity contribution in [3.8, 4) is 5.75 Å². The Bertz CT molecular complexity index is 890. The minimum atomic E-state index is -1.03. The molecule has 2 amide bonds. The van der Waals surface area contributed by atoms with E-state index in [9.17, 15) is 18.8 Å². The molecule has 0 atom stereocenters. The fraction of sp³-hybridized carbons (Fsp3) is 0.211. The number of hydrogen-bond donors (Lipinski definition) is 1. The average Bonchev–Trinajstić information content (AvgIpc) is 2.67. The molecule has 28 heavy (non-hydrogen) atoms. The first-order valence-electron chi connectivity index (χ1n) is 8.10. The molecule has 7 nitrogen and oxygen atoms in total. The van der Waals surface area contributed by atoms with Crippen LogP contribution in [0, 0.1) is 5.82 Å². The lowest BCUT2D eigenvalue weighted by Crippen LogP contribution is -2.37. The summed E-state index contributed by atoms with van der Waals surface area (Å²) in [6.45, 7) is -0.910. The van der Waals surface area contributed by atoms with Gasteiger partial charge in [-0.2, -0.15) is 0 Å². The highest BCUT2D eigenvalue weighted by Gasteiger charge is 2.18. The van der Waals surface area contributed by atoms with Gasteiger partial charge in [-0.15, -0.1) is 0 Å². The second-order valence-electron chi connectivity index (χ2n) is 5.73. The number of carbonyl (C=O) groups is 3. The summed E-state index contributed by atoms with van der Waals surface area (Å²) < 4.78 is 23.5. The standard InChI is InChI=1S/C19H18ClFN2O5/c1-23(10-17(24)22-13-4-3-5-14(9-13)27-2)18(25)11-28-19(26)15-8-12(20)6-7-16(15)21/h3-9H,10-11H2,1-2H3,(H,22,24). The molecule has 148 valence electrons. The van der Waals surface area contributed by atoms with Crippen LogP contribution in [0.25, 0.3) is 0 Å². The molecular weight excluding hydrogens is 391 g/mol. The van der Waals surface area contributed by atoms with E-state index in [0.29, 0.717) is 11.4 Å². The van der Waals surface area contributed by atoms with Gasteiger partial charge in [0.1, 0.15) is 11.6 Å². The largest absolute Gasteiger partial charge is 0.497 e. The Morgan fingerprint density at radius 1 is 1.18 bits per heavy atom. The summed E-state index contributed by atoms with van der Waals surface area (Å²) in [6.07, 6.45) is 0. The van der Waals surface area contributed by atoms with Crippen molar-refractivity contribution in [1.29, 1.82) is 0 Å². The van der Waals surface area contributed by atoms with Crippen LogP contribution in [0.15, 0.2) is 42.5 Å². The van der Waals surface area contributed by atoms with Gasteiger partial charge in [-0.1, -0.05) is 17.7 Å². The van der Waals surface area contributed by atoms with Crippen molar-refractivity contribution < 1.29 is 28.2 Å². The Hall–Kier alpha value is -3.13. The number of halogens is 2. The molecule has 0 aromatic heterocycles. The van der Waals surface area contributed by atoms with Crippen molar-refractivity contribution in [2.24, 2.45) is 0 Å². The minimum absolute atomic E-state index is 0.158. The predicted octanol–water partition coefficient (Wildman–Crippen LogP) is 2.74. The molecule has 2 rings (SSSR count). The maximum atomic E-state index is 13.6. The Labute approximate surface area is 166 Å². The quantitative estimate of drug-likeness (QED) is 0.712. The molecule has 9 heteroatoms. The van der Waals surface area contributed by atoms with Crippen LogP contribution in [-0.4, -0.2) is 50.0 Å². The Morgan fingerprint density at radius 3 is 2.64 bits per heavy atom. The Kier molecular flexibility index (Phi) is 7.34. The Balaban J connectivity index is 1.85. The van der Waals surface area contributed by atoms with Crippen LogP contribution >= 0.6 is 11.6 Å². The van der Waals surface area contributed by atoms with Crippen LogP contribution in [0.1, 0.15) is 10.4 Å². The highest BCUT2D eigenvalue weighted by molar-refractivity contribution is 6.30. The van der Waals surface area contributed by atoms with Crippen LogP contribution in [0.5, 0.6) is 5.75 Å². The normalized spacial score (nSPS) is 10.1. The minimum Gasteiger partial charge on any atom is -0.497 e. The number of hydrogen-bond acceptors (Lipinski definition) is 5. The maximum Gasteiger partial charge on any atom is 0.341 e. The smallest absolute Gasteiger partial charge is 0.341 e. The molecule has 0 saturated heterocycles. The van der Waals surface area contributed by atoms with E-state index in [1.54, 1.807) is 24.3 Å². The summed E-state index contributed by atoms with van der Waals surface area (Å²) in [4.78, 5) is 37.1. The summed E-state index contributed by atoms with van der Waals surface area (Å²) in [7, 11) is 2.88. The number of anilines is 1. The molecule has 2 aromatic carbocycles. The van der Waals surface area contributed by atoms with Crippen LogP contribution in [0.2, 0.25) is 5.02 Å². The van der Waals surface area contributed by atoms with Crippen LogP contribution in [0.4, 0.5) is 10.1 Å². The number of nitrogens with zero attached hydrogens (tertiary/aromatic N) is 1. The Morgan fingerprint density at radius 2 is 1.93 bits per heavy atom. The molecule has 0 aliphatic rings. The van der Waals surface area contributed by atoms with Gasteiger partial charge in [-0.05, 0) is 30.3 Å². The first-order chi connectivity index (χ1) is 13.3. The molecule has 0 spiro atoms. The van der Waals surface area contributed by atoms with Gasteiger partial charge in [0.15, 0.2) is 6.61 Å². The van der Waals surface area contributed by atoms with E-state index in [1.165, 1.54) is 20.2 Å². The maximum absolute atomic E-state index is 13.6. The van der Waals surface area contributed by atoms with Gasteiger partial charge in [-0.3, -0.25) is 9.59 Å². The van der Waals surface area contributed by atoms with Crippen LogP contribution in [-0.2, 0) is 14.3 Å². The number of esters is 1. The van der Waals surface area contributed by atoms with Crippen molar-refractivity contribution in [3.63, 3.8) is 0 Å². The van der Waals surface area contributed by atoms with Crippen molar-refractivity contribution >= 4 is 35.1 Å². The number of methoxy groups -OCH3 is 1. The van der Waals surface area contributed by atoms with E-state index in [1.807, 2.05) is 0 Å². The second kappa shape index (κ2) is 9.70. The molecule has 0 bridgehead atoms. The number of rotatable bonds is 7. The van der Waals surface area contributed by atoms with E-state index >= 15 is 0 Å². The molecule has 1 N–H and O–H groups in total. The second-order valence-corrected chi connectivity index (χ2v) is 6.17. The lowest BCUT2D eigenvalue weighted by Gasteiger charge is -2.17. The van der Waals surface area contributed by atoms with Crippen molar-refractivity contribution in [3.05, 3.63) is 58.9 Å². The summed E-state index contributed by atoms with van der Waals surface area (Å²) >= 11 is 5.71. The van der Waals surface area contributed by atoms with Gasteiger partial charge in [0, 0.05) is 23.8 Å². The molecule has 0 fully saturated rings. The highest BCUT2D eigenvalue weighted by Crippen LogP contribution is 2.17. The van der Waals surface area contributed by atoms with Gasteiger partial charge in [0.25, 0.3) is 5.91 Å². The van der Waals surface area contributed by atoms with Crippen LogP contribution in [0.3, 0.4) is 0 Å². The van der Waals surface area contributed by atoms with Gasteiger partial charge in [0.05, 0.1) is 19.2 Å². The topological polar surface area (TPSA) is 84.9 Å². The SMILES string of the molecule is COc1cccc(NC(=O)CN(C)C(=O)COC(=O)c2cc(Cl)ccc2F)c1. The molecule has 0 aliphatic carbocycles. The van der Waals surface area contributed by atoms with E-state index in [-0.39, 0.29) is 17.1 Å². The zero-order chi connectivity index (χ0) is 20.7. The van der Waals surface area contributed by atoms with Gasteiger partial charge >= 0.3 is 5.97 Å². The molecule has 0 aliphatic heterocycles. The third-order valence-corrected chi connectivity index (χ3v) is 3.87. The number of benzene rings is 2.